The van der Waals surface area contributed by atoms with E-state index in [1.165, 1.54) is 26.4 Å². The van der Waals surface area contributed by atoms with Gasteiger partial charge in [0.2, 0.25) is 11.8 Å². The molecule has 0 saturated carbocycles. The topological polar surface area (TPSA) is 136 Å². The molecule has 2 amide bonds. The van der Waals surface area contributed by atoms with Crippen LogP contribution in [0.15, 0.2) is 52.2 Å². The Hall–Kier alpha value is -4.81. The van der Waals surface area contributed by atoms with E-state index in [1.807, 2.05) is 6.07 Å². The van der Waals surface area contributed by atoms with Crippen LogP contribution in [0.5, 0.6) is 5.88 Å². The summed E-state index contributed by atoms with van der Waals surface area (Å²) in [6.45, 7) is 2.36. The molecular formula is C34H34ClFN6O5. The zero-order valence-electron chi connectivity index (χ0n) is 26.4. The van der Waals surface area contributed by atoms with E-state index in [1.54, 1.807) is 38.3 Å². The van der Waals surface area contributed by atoms with Crippen LogP contribution in [-0.4, -0.2) is 45.6 Å². The summed E-state index contributed by atoms with van der Waals surface area (Å²) in [4.78, 5) is 54.3. The molecule has 11 nitrogen and oxygen atoms in total. The van der Waals surface area contributed by atoms with Crippen molar-refractivity contribution in [2.75, 3.05) is 19.0 Å². The molecule has 0 spiro atoms. The number of pyridine rings is 1. The normalized spacial score (nSPS) is 17.0. The van der Waals surface area contributed by atoms with Gasteiger partial charge < -0.3 is 25.3 Å². The number of methoxy groups -OCH3 is 1. The van der Waals surface area contributed by atoms with Crippen LogP contribution in [0.2, 0.25) is 5.02 Å². The predicted octanol–water partition coefficient (Wildman–Crippen LogP) is 4.03. The standard InChI is InChI=1S/C34H34ClFN6O5/c1-17-20(6-5-7-24(17)39-31(44)22-16-41(2)34(46)42(3)33(22)45)29-23(36)11-10-21(30(29)35)26-14-18-8-12-25(28(18)32(40-26)47-4)37-15-19-9-13-27(43)38-19/h5-7,10-11,14,16,19,25,37H,8-9,12-13,15H2,1-4H3,(H,38,43)(H,39,44). The maximum Gasteiger partial charge on any atom is 0.330 e. The Bertz CT molecular complexity index is 2060. The molecule has 13 heteroatoms. The second-order valence-electron chi connectivity index (χ2n) is 11.9. The van der Waals surface area contributed by atoms with Crippen molar-refractivity contribution in [1.29, 1.82) is 0 Å². The first-order valence-electron chi connectivity index (χ1n) is 15.2. The van der Waals surface area contributed by atoms with Gasteiger partial charge in [-0.15, -0.1) is 0 Å². The minimum atomic E-state index is -0.733. The fourth-order valence-electron chi connectivity index (χ4n) is 6.41. The van der Waals surface area contributed by atoms with E-state index >= 15 is 4.39 Å². The van der Waals surface area contributed by atoms with Crippen molar-refractivity contribution in [3.63, 3.8) is 0 Å². The lowest BCUT2D eigenvalue weighted by Crippen LogP contribution is -2.40. The molecule has 6 rings (SSSR count). The lowest BCUT2D eigenvalue weighted by Gasteiger charge is -2.20. The number of hydrogen-bond donors (Lipinski definition) is 3. The smallest absolute Gasteiger partial charge is 0.330 e. The van der Waals surface area contributed by atoms with Crippen LogP contribution in [0.25, 0.3) is 22.4 Å². The number of nitrogens with one attached hydrogen (secondary N) is 3. The molecule has 1 saturated heterocycles. The Labute approximate surface area is 274 Å². The van der Waals surface area contributed by atoms with Gasteiger partial charge >= 0.3 is 5.69 Å². The minimum Gasteiger partial charge on any atom is -0.481 e. The molecule has 2 aromatic heterocycles. The summed E-state index contributed by atoms with van der Waals surface area (Å²) in [5, 5.41) is 9.41. The van der Waals surface area contributed by atoms with Gasteiger partial charge in [-0.05, 0) is 67.1 Å². The van der Waals surface area contributed by atoms with Gasteiger partial charge in [0, 0.05) is 67.7 Å². The molecule has 3 N–H and O–H groups in total. The molecule has 3 heterocycles. The third-order valence-corrected chi connectivity index (χ3v) is 9.35. The summed E-state index contributed by atoms with van der Waals surface area (Å²) < 4.78 is 23.3. The molecule has 1 fully saturated rings. The van der Waals surface area contributed by atoms with E-state index in [-0.39, 0.29) is 34.1 Å². The number of halogens is 2. The minimum absolute atomic E-state index is 0.0137. The van der Waals surface area contributed by atoms with Crippen LogP contribution in [0.4, 0.5) is 10.1 Å². The van der Waals surface area contributed by atoms with E-state index in [2.05, 4.69) is 16.0 Å². The van der Waals surface area contributed by atoms with Crippen LogP contribution < -0.4 is 31.9 Å². The second kappa shape index (κ2) is 12.8. The number of aryl methyl sites for hydroxylation is 2. The lowest BCUT2D eigenvalue weighted by molar-refractivity contribution is -0.119. The first-order valence-corrected chi connectivity index (χ1v) is 15.6. The number of aromatic nitrogens is 3. The summed E-state index contributed by atoms with van der Waals surface area (Å²) in [5.41, 5.74) is 2.99. The summed E-state index contributed by atoms with van der Waals surface area (Å²) >= 11 is 6.96. The number of carbonyl (C=O) groups is 2. The van der Waals surface area contributed by atoms with Crippen LogP contribution >= 0.6 is 11.6 Å². The largest absolute Gasteiger partial charge is 0.481 e. The van der Waals surface area contributed by atoms with Gasteiger partial charge in [0.25, 0.3) is 11.5 Å². The van der Waals surface area contributed by atoms with Crippen molar-refractivity contribution >= 4 is 29.1 Å². The molecule has 1 aliphatic carbocycles. The predicted molar refractivity (Wildman–Crippen MR) is 176 cm³/mol. The number of amides is 2. The average Bonchev–Trinajstić information content (AvgIpc) is 3.67. The van der Waals surface area contributed by atoms with Crippen molar-refractivity contribution in [3.05, 3.63) is 96.5 Å². The van der Waals surface area contributed by atoms with Gasteiger partial charge in [0.15, 0.2) is 0 Å². The number of nitrogens with zero attached hydrogens (tertiary/aromatic N) is 3. The number of ether oxygens (including phenoxy) is 1. The monoisotopic (exact) mass is 660 g/mol. The van der Waals surface area contributed by atoms with Crippen molar-refractivity contribution in [2.24, 2.45) is 14.1 Å². The zero-order chi connectivity index (χ0) is 33.6. The van der Waals surface area contributed by atoms with Crippen molar-refractivity contribution in [3.8, 4) is 28.3 Å². The van der Waals surface area contributed by atoms with Gasteiger partial charge in [0.1, 0.15) is 11.4 Å². The van der Waals surface area contributed by atoms with Crippen LogP contribution in [0, 0.1) is 12.7 Å². The molecule has 2 aromatic carbocycles. The SMILES string of the molecule is COc1nc(-c2ccc(F)c(-c3cccc(NC(=O)c4cn(C)c(=O)n(C)c4=O)c3C)c2Cl)cc2c1C(NCC1CCC(=O)N1)CC2. The van der Waals surface area contributed by atoms with Crippen LogP contribution in [0.3, 0.4) is 0 Å². The van der Waals surface area contributed by atoms with Crippen molar-refractivity contribution < 1.29 is 18.7 Å². The highest BCUT2D eigenvalue weighted by Gasteiger charge is 2.31. The molecule has 2 unspecified atom stereocenters. The molecule has 4 aromatic rings. The van der Waals surface area contributed by atoms with Crippen LogP contribution in [0.1, 0.15) is 52.4 Å². The Morgan fingerprint density at radius 1 is 1.13 bits per heavy atom. The fourth-order valence-corrected chi connectivity index (χ4v) is 6.76. The summed E-state index contributed by atoms with van der Waals surface area (Å²) in [5.74, 6) is -0.746. The molecule has 47 heavy (non-hydrogen) atoms. The number of rotatable bonds is 8. The Balaban J connectivity index is 1.32. The highest BCUT2D eigenvalue weighted by atomic mass is 35.5. The molecule has 0 bridgehead atoms. The number of anilines is 1. The second-order valence-corrected chi connectivity index (χ2v) is 12.3. The summed E-state index contributed by atoms with van der Waals surface area (Å²) in [7, 11) is 4.30. The van der Waals surface area contributed by atoms with E-state index in [9.17, 15) is 19.2 Å². The summed E-state index contributed by atoms with van der Waals surface area (Å²) in [6, 6.07) is 9.96. The Morgan fingerprint density at radius 2 is 1.91 bits per heavy atom. The van der Waals surface area contributed by atoms with E-state index in [4.69, 9.17) is 21.3 Å². The number of fused-ring (bicyclic) bond motifs is 1. The van der Waals surface area contributed by atoms with Crippen LogP contribution in [-0.2, 0) is 25.3 Å². The Morgan fingerprint density at radius 3 is 2.64 bits per heavy atom. The Kier molecular flexibility index (Phi) is 8.73. The van der Waals surface area contributed by atoms with Gasteiger partial charge in [-0.2, -0.15) is 0 Å². The van der Waals surface area contributed by atoms with E-state index in [0.717, 1.165) is 39.5 Å². The molecule has 0 radical (unpaired) electrons. The number of benzene rings is 2. The number of hydrogen-bond acceptors (Lipinski definition) is 7. The zero-order valence-corrected chi connectivity index (χ0v) is 27.1. The summed E-state index contributed by atoms with van der Waals surface area (Å²) in [6.07, 6.45) is 4.14. The van der Waals surface area contributed by atoms with Gasteiger partial charge in [-0.25, -0.2) is 14.2 Å². The number of carbonyl (C=O) groups excluding carboxylic acids is 2. The van der Waals surface area contributed by atoms with E-state index in [0.29, 0.717) is 46.9 Å². The highest BCUT2D eigenvalue weighted by molar-refractivity contribution is 6.36. The first kappa shape index (κ1) is 32.1. The molecular weight excluding hydrogens is 627 g/mol. The van der Waals surface area contributed by atoms with E-state index < -0.39 is 23.0 Å². The molecule has 2 atom stereocenters. The molecule has 2 aliphatic rings. The third kappa shape index (κ3) is 5.94. The van der Waals surface area contributed by atoms with Gasteiger partial charge in [0.05, 0.1) is 17.8 Å². The molecule has 244 valence electrons. The first-order chi connectivity index (χ1) is 22.5. The van der Waals surface area contributed by atoms with Gasteiger partial charge in [-0.1, -0.05) is 23.7 Å². The quantitative estimate of drug-likeness (QED) is 0.260. The average molecular weight is 661 g/mol. The molecule has 1 aliphatic heterocycles. The third-order valence-electron chi connectivity index (χ3n) is 8.96. The van der Waals surface area contributed by atoms with Crippen molar-refractivity contribution in [1.82, 2.24) is 24.8 Å². The highest BCUT2D eigenvalue weighted by Crippen LogP contribution is 2.44. The maximum atomic E-state index is 15.6. The maximum absolute atomic E-state index is 15.6. The fraction of sp³-hybridized carbons (Fsp3) is 0.324. The van der Waals surface area contributed by atoms with Gasteiger partial charge in [-0.3, -0.25) is 19.0 Å². The lowest BCUT2D eigenvalue weighted by atomic mass is 9.95. The van der Waals surface area contributed by atoms with Crippen molar-refractivity contribution in [2.45, 2.75) is 44.7 Å².